The summed E-state index contributed by atoms with van der Waals surface area (Å²) in [4.78, 5) is 2.33. The first-order chi connectivity index (χ1) is 6.72. The summed E-state index contributed by atoms with van der Waals surface area (Å²) in [5, 5.41) is 4.48. The van der Waals surface area contributed by atoms with E-state index in [0.717, 1.165) is 18.9 Å². The van der Waals surface area contributed by atoms with Crippen LogP contribution in [0.25, 0.3) is 0 Å². The molecule has 1 aromatic heterocycles. The second-order valence-corrected chi connectivity index (χ2v) is 3.99. The largest absolute Gasteiger partial charge is 0.351 e. The molecule has 2 heterocycles. The molecule has 1 aromatic rings. The predicted octanol–water partition coefficient (Wildman–Crippen LogP) is 0.656. The van der Waals surface area contributed by atoms with E-state index in [-0.39, 0.29) is 0 Å². The minimum absolute atomic E-state index is 0.490. The summed E-state index contributed by atoms with van der Waals surface area (Å²) < 4.78 is 1.92. The standard InChI is InChI=1S/C10H18N4/c1-8-6-10(12-13(8)2)14-5-3-4-9(14)7-11/h6,9H,3-5,7,11H2,1-2H3. The fourth-order valence-electron chi connectivity index (χ4n) is 2.06. The van der Waals surface area contributed by atoms with Crippen LogP contribution < -0.4 is 10.6 Å². The Morgan fingerprint density at radius 3 is 3.00 bits per heavy atom. The Bertz CT molecular complexity index is 298. The first-order valence-corrected chi connectivity index (χ1v) is 5.19. The van der Waals surface area contributed by atoms with Crippen LogP contribution in [0.15, 0.2) is 6.07 Å². The lowest BCUT2D eigenvalue weighted by Crippen LogP contribution is -2.35. The van der Waals surface area contributed by atoms with E-state index in [0.29, 0.717) is 6.04 Å². The molecular weight excluding hydrogens is 176 g/mol. The van der Waals surface area contributed by atoms with Gasteiger partial charge in [0.2, 0.25) is 0 Å². The van der Waals surface area contributed by atoms with E-state index in [9.17, 15) is 0 Å². The maximum Gasteiger partial charge on any atom is 0.151 e. The van der Waals surface area contributed by atoms with Gasteiger partial charge in [-0.15, -0.1) is 0 Å². The molecule has 1 fully saturated rings. The van der Waals surface area contributed by atoms with Crippen LogP contribution in [0.1, 0.15) is 18.5 Å². The minimum atomic E-state index is 0.490. The number of aromatic nitrogens is 2. The fraction of sp³-hybridized carbons (Fsp3) is 0.700. The van der Waals surface area contributed by atoms with E-state index < -0.39 is 0 Å². The number of hydrogen-bond acceptors (Lipinski definition) is 3. The summed E-state index contributed by atoms with van der Waals surface area (Å²) in [5.41, 5.74) is 6.93. The molecule has 0 bridgehead atoms. The van der Waals surface area contributed by atoms with Gasteiger partial charge in [-0.2, -0.15) is 5.10 Å². The Balaban J connectivity index is 2.21. The zero-order valence-electron chi connectivity index (χ0n) is 8.90. The average Bonchev–Trinajstić information content (AvgIpc) is 2.73. The molecule has 2 rings (SSSR count). The zero-order chi connectivity index (χ0) is 10.1. The van der Waals surface area contributed by atoms with Crippen LogP contribution in [0.5, 0.6) is 0 Å². The molecular formula is C10H18N4. The molecule has 1 atom stereocenters. The monoisotopic (exact) mass is 194 g/mol. The number of hydrogen-bond donors (Lipinski definition) is 1. The van der Waals surface area contributed by atoms with Crippen LogP contribution in [-0.2, 0) is 7.05 Å². The lowest BCUT2D eigenvalue weighted by Gasteiger charge is -2.22. The molecule has 0 aliphatic carbocycles. The van der Waals surface area contributed by atoms with Gasteiger partial charge in [-0.1, -0.05) is 0 Å². The van der Waals surface area contributed by atoms with E-state index in [1.165, 1.54) is 18.5 Å². The second-order valence-electron chi connectivity index (χ2n) is 3.99. The maximum absolute atomic E-state index is 5.73. The number of rotatable bonds is 2. The molecule has 0 saturated carbocycles. The summed E-state index contributed by atoms with van der Waals surface area (Å²) in [6.07, 6.45) is 2.43. The van der Waals surface area contributed by atoms with Crippen molar-refractivity contribution in [3.63, 3.8) is 0 Å². The van der Waals surface area contributed by atoms with Gasteiger partial charge in [-0.05, 0) is 19.8 Å². The quantitative estimate of drug-likeness (QED) is 0.752. The van der Waals surface area contributed by atoms with Crippen LogP contribution in [-0.4, -0.2) is 28.9 Å². The van der Waals surface area contributed by atoms with Crippen LogP contribution >= 0.6 is 0 Å². The molecule has 4 heteroatoms. The van der Waals surface area contributed by atoms with Gasteiger partial charge in [0.15, 0.2) is 5.82 Å². The highest BCUT2D eigenvalue weighted by atomic mass is 15.4. The summed E-state index contributed by atoms with van der Waals surface area (Å²) in [7, 11) is 1.98. The highest BCUT2D eigenvalue weighted by Crippen LogP contribution is 2.23. The van der Waals surface area contributed by atoms with Gasteiger partial charge < -0.3 is 10.6 Å². The molecule has 14 heavy (non-hydrogen) atoms. The Hall–Kier alpha value is -1.03. The lowest BCUT2D eigenvalue weighted by atomic mass is 10.2. The average molecular weight is 194 g/mol. The van der Waals surface area contributed by atoms with Gasteiger partial charge in [-0.25, -0.2) is 0 Å². The van der Waals surface area contributed by atoms with Crippen LogP contribution in [0.2, 0.25) is 0 Å². The third kappa shape index (κ3) is 1.50. The van der Waals surface area contributed by atoms with Crippen molar-refractivity contribution in [1.29, 1.82) is 0 Å². The van der Waals surface area contributed by atoms with Gasteiger partial charge in [0.25, 0.3) is 0 Å². The smallest absolute Gasteiger partial charge is 0.151 e. The van der Waals surface area contributed by atoms with Crippen molar-refractivity contribution in [2.45, 2.75) is 25.8 Å². The van der Waals surface area contributed by atoms with Crippen molar-refractivity contribution in [3.05, 3.63) is 11.8 Å². The van der Waals surface area contributed by atoms with E-state index >= 15 is 0 Å². The van der Waals surface area contributed by atoms with Crippen molar-refractivity contribution in [2.24, 2.45) is 12.8 Å². The molecule has 78 valence electrons. The molecule has 0 spiro atoms. The Morgan fingerprint density at radius 2 is 2.43 bits per heavy atom. The second kappa shape index (κ2) is 3.61. The third-order valence-corrected chi connectivity index (χ3v) is 3.04. The van der Waals surface area contributed by atoms with Crippen LogP contribution in [0.4, 0.5) is 5.82 Å². The molecule has 1 aliphatic rings. The number of nitrogens with two attached hydrogens (primary N) is 1. The molecule has 0 aromatic carbocycles. The van der Waals surface area contributed by atoms with Gasteiger partial charge in [-0.3, -0.25) is 4.68 Å². The number of anilines is 1. The first-order valence-electron chi connectivity index (χ1n) is 5.19. The van der Waals surface area contributed by atoms with E-state index in [2.05, 4.69) is 23.0 Å². The van der Waals surface area contributed by atoms with E-state index in [4.69, 9.17) is 5.73 Å². The predicted molar refractivity (Wildman–Crippen MR) is 57.4 cm³/mol. The summed E-state index contributed by atoms with van der Waals surface area (Å²) >= 11 is 0. The van der Waals surface area contributed by atoms with E-state index in [1.54, 1.807) is 0 Å². The van der Waals surface area contributed by atoms with Crippen LogP contribution in [0.3, 0.4) is 0 Å². The third-order valence-electron chi connectivity index (χ3n) is 3.04. The Labute approximate surface area is 84.7 Å². The Morgan fingerprint density at radius 1 is 1.64 bits per heavy atom. The van der Waals surface area contributed by atoms with Crippen LogP contribution in [0, 0.1) is 6.92 Å². The lowest BCUT2D eigenvalue weighted by molar-refractivity contribution is 0.659. The molecule has 1 saturated heterocycles. The van der Waals surface area contributed by atoms with E-state index in [1.807, 2.05) is 11.7 Å². The summed E-state index contributed by atoms with van der Waals surface area (Å²) in [5.74, 6) is 1.08. The zero-order valence-corrected chi connectivity index (χ0v) is 8.90. The molecule has 0 radical (unpaired) electrons. The topological polar surface area (TPSA) is 47.1 Å². The van der Waals surface area contributed by atoms with Crippen molar-refractivity contribution in [2.75, 3.05) is 18.0 Å². The normalized spacial score (nSPS) is 21.9. The van der Waals surface area contributed by atoms with Crippen molar-refractivity contribution < 1.29 is 0 Å². The Kier molecular flexibility index (Phi) is 2.46. The van der Waals surface area contributed by atoms with Crippen molar-refractivity contribution >= 4 is 5.82 Å². The number of aryl methyl sites for hydroxylation is 2. The molecule has 4 nitrogen and oxygen atoms in total. The van der Waals surface area contributed by atoms with Gasteiger partial charge in [0.05, 0.1) is 0 Å². The molecule has 1 unspecified atom stereocenters. The fourth-order valence-corrected chi connectivity index (χ4v) is 2.06. The maximum atomic E-state index is 5.73. The molecule has 0 amide bonds. The van der Waals surface area contributed by atoms with Gasteiger partial charge >= 0.3 is 0 Å². The minimum Gasteiger partial charge on any atom is -0.351 e. The number of nitrogens with zero attached hydrogens (tertiary/aromatic N) is 3. The highest BCUT2D eigenvalue weighted by molar-refractivity contribution is 5.42. The highest BCUT2D eigenvalue weighted by Gasteiger charge is 2.25. The van der Waals surface area contributed by atoms with Crippen molar-refractivity contribution in [1.82, 2.24) is 9.78 Å². The van der Waals surface area contributed by atoms with Gasteiger partial charge in [0, 0.05) is 37.9 Å². The molecule has 1 aliphatic heterocycles. The van der Waals surface area contributed by atoms with Gasteiger partial charge in [0.1, 0.15) is 0 Å². The summed E-state index contributed by atoms with van der Waals surface area (Å²) in [6.45, 7) is 3.90. The summed E-state index contributed by atoms with van der Waals surface area (Å²) in [6, 6.07) is 2.62. The first kappa shape index (κ1) is 9.52. The SMILES string of the molecule is Cc1cc(N2CCCC2CN)nn1C. The van der Waals surface area contributed by atoms with Crippen molar-refractivity contribution in [3.8, 4) is 0 Å². The molecule has 2 N–H and O–H groups in total.